The van der Waals surface area contributed by atoms with E-state index in [9.17, 15) is 4.79 Å². The fourth-order valence-electron chi connectivity index (χ4n) is 2.69. The van der Waals surface area contributed by atoms with Crippen molar-refractivity contribution in [1.82, 2.24) is 9.80 Å². The predicted octanol–water partition coefficient (Wildman–Crippen LogP) is 2.99. The Morgan fingerprint density at radius 3 is 2.33 bits per heavy atom. The van der Waals surface area contributed by atoms with E-state index in [1.807, 2.05) is 50.8 Å². The molecule has 1 aromatic carbocycles. The largest absolute Gasteiger partial charge is 0.496 e. The Balaban J connectivity index is 0.00000364. The van der Waals surface area contributed by atoms with Gasteiger partial charge in [-0.1, -0.05) is 12.1 Å². The Morgan fingerprint density at radius 2 is 1.78 bits per heavy atom. The van der Waals surface area contributed by atoms with E-state index >= 15 is 0 Å². The van der Waals surface area contributed by atoms with Crippen LogP contribution in [0.15, 0.2) is 23.2 Å². The summed E-state index contributed by atoms with van der Waals surface area (Å²) in [5.41, 5.74) is 7.79. The van der Waals surface area contributed by atoms with Crippen molar-refractivity contribution in [2.45, 2.75) is 39.8 Å². The molecule has 0 aliphatic carbocycles. The molecule has 0 unspecified atom stereocenters. The summed E-state index contributed by atoms with van der Waals surface area (Å²) in [7, 11) is 1.65. The van der Waals surface area contributed by atoms with Crippen molar-refractivity contribution in [3.8, 4) is 5.75 Å². The molecule has 152 valence electrons. The summed E-state index contributed by atoms with van der Waals surface area (Å²) in [6.07, 6.45) is -0.281. The second-order valence-corrected chi connectivity index (χ2v) is 7.44. The zero-order valence-corrected chi connectivity index (χ0v) is 19.1. The molecule has 0 bridgehead atoms. The molecule has 1 aliphatic heterocycles. The topological polar surface area (TPSA) is 80.4 Å². The molecule has 1 amide bonds. The summed E-state index contributed by atoms with van der Waals surface area (Å²) in [6.45, 7) is 10.5. The van der Waals surface area contributed by atoms with Crippen LogP contribution in [0.4, 0.5) is 4.79 Å². The highest BCUT2D eigenvalue weighted by atomic mass is 127. The maximum absolute atomic E-state index is 12.1. The highest BCUT2D eigenvalue weighted by Crippen LogP contribution is 2.20. The number of methoxy groups -OCH3 is 1. The predicted molar refractivity (Wildman–Crippen MR) is 118 cm³/mol. The zero-order valence-electron chi connectivity index (χ0n) is 16.8. The van der Waals surface area contributed by atoms with E-state index in [1.54, 1.807) is 12.0 Å². The van der Waals surface area contributed by atoms with Gasteiger partial charge in [-0.15, -0.1) is 24.0 Å². The van der Waals surface area contributed by atoms with Gasteiger partial charge in [0.25, 0.3) is 0 Å². The van der Waals surface area contributed by atoms with E-state index in [-0.39, 0.29) is 30.1 Å². The van der Waals surface area contributed by atoms with Gasteiger partial charge in [0, 0.05) is 31.7 Å². The molecule has 1 fully saturated rings. The number of piperazine rings is 1. The molecular formula is C19H31IN4O3. The molecule has 1 aliphatic rings. The van der Waals surface area contributed by atoms with Gasteiger partial charge in [-0.2, -0.15) is 0 Å². The van der Waals surface area contributed by atoms with Crippen molar-refractivity contribution in [2.24, 2.45) is 10.7 Å². The van der Waals surface area contributed by atoms with E-state index in [0.29, 0.717) is 38.7 Å². The maximum atomic E-state index is 12.1. The van der Waals surface area contributed by atoms with E-state index in [4.69, 9.17) is 15.2 Å². The van der Waals surface area contributed by atoms with Crippen LogP contribution in [0.3, 0.4) is 0 Å². The van der Waals surface area contributed by atoms with Crippen LogP contribution in [0, 0.1) is 6.92 Å². The van der Waals surface area contributed by atoms with Gasteiger partial charge >= 0.3 is 6.09 Å². The Labute approximate surface area is 178 Å². The lowest BCUT2D eigenvalue weighted by molar-refractivity contribution is 0.0186. The molecule has 2 rings (SSSR count). The molecule has 8 heteroatoms. The lowest BCUT2D eigenvalue weighted by Gasteiger charge is -2.36. The second kappa shape index (κ2) is 10.0. The number of amides is 1. The van der Waals surface area contributed by atoms with Crippen LogP contribution in [0.5, 0.6) is 5.75 Å². The summed E-state index contributed by atoms with van der Waals surface area (Å²) < 4.78 is 10.8. The Kier molecular flexibility index (Phi) is 8.64. The summed E-state index contributed by atoms with van der Waals surface area (Å²) in [6, 6.07) is 6.02. The number of hydrogen-bond acceptors (Lipinski definition) is 4. The third kappa shape index (κ3) is 7.08. The summed E-state index contributed by atoms with van der Waals surface area (Å²) in [5.74, 6) is 1.30. The fourth-order valence-corrected chi connectivity index (χ4v) is 2.69. The van der Waals surface area contributed by atoms with Gasteiger partial charge < -0.3 is 25.0 Å². The van der Waals surface area contributed by atoms with Gasteiger partial charge in [-0.3, -0.25) is 0 Å². The standard InChI is InChI=1S/C19H30N4O3.HI/c1-14-6-7-15(16(12-14)25-5)13-21-17(20)22-8-10-23(11-9-22)18(24)26-19(2,3)4;/h6-7,12H,8-11,13H2,1-5H3,(H2,20,21);1H. The lowest BCUT2D eigenvalue weighted by atomic mass is 10.1. The van der Waals surface area contributed by atoms with Crippen LogP contribution in [-0.2, 0) is 11.3 Å². The minimum Gasteiger partial charge on any atom is -0.496 e. The minimum atomic E-state index is -0.484. The normalized spacial score (nSPS) is 15.2. The van der Waals surface area contributed by atoms with Crippen molar-refractivity contribution in [3.63, 3.8) is 0 Å². The first kappa shape index (κ1) is 23.3. The quantitative estimate of drug-likeness (QED) is 0.401. The summed E-state index contributed by atoms with van der Waals surface area (Å²) in [5, 5.41) is 0. The first-order valence-corrected chi connectivity index (χ1v) is 8.86. The zero-order chi connectivity index (χ0) is 19.3. The number of aliphatic imine (C=N–C) groups is 1. The lowest BCUT2D eigenvalue weighted by Crippen LogP contribution is -2.53. The van der Waals surface area contributed by atoms with Gasteiger partial charge in [-0.05, 0) is 39.3 Å². The van der Waals surface area contributed by atoms with Gasteiger partial charge in [0.05, 0.1) is 13.7 Å². The van der Waals surface area contributed by atoms with Gasteiger partial charge in [0.2, 0.25) is 0 Å². The second-order valence-electron chi connectivity index (χ2n) is 7.44. The van der Waals surface area contributed by atoms with Crippen LogP contribution in [0.2, 0.25) is 0 Å². The third-order valence-electron chi connectivity index (χ3n) is 4.11. The van der Waals surface area contributed by atoms with E-state index in [2.05, 4.69) is 4.99 Å². The molecule has 1 heterocycles. The average molecular weight is 490 g/mol. The Morgan fingerprint density at radius 1 is 1.19 bits per heavy atom. The van der Waals surface area contributed by atoms with Crippen LogP contribution < -0.4 is 10.5 Å². The van der Waals surface area contributed by atoms with Crippen LogP contribution >= 0.6 is 24.0 Å². The number of carbonyl (C=O) groups is 1. The number of carbonyl (C=O) groups excluding carboxylic acids is 1. The van der Waals surface area contributed by atoms with Gasteiger partial charge in [0.1, 0.15) is 11.4 Å². The number of guanidine groups is 1. The Bertz CT molecular complexity index is 665. The third-order valence-corrected chi connectivity index (χ3v) is 4.11. The molecular weight excluding hydrogens is 459 g/mol. The molecule has 7 nitrogen and oxygen atoms in total. The molecule has 2 N–H and O–H groups in total. The maximum Gasteiger partial charge on any atom is 0.410 e. The first-order valence-electron chi connectivity index (χ1n) is 8.86. The number of ether oxygens (including phenoxy) is 2. The minimum absolute atomic E-state index is 0. The summed E-state index contributed by atoms with van der Waals surface area (Å²) >= 11 is 0. The number of rotatable bonds is 3. The van der Waals surface area contributed by atoms with Crippen molar-refractivity contribution in [2.75, 3.05) is 33.3 Å². The van der Waals surface area contributed by atoms with E-state index in [1.165, 1.54) is 0 Å². The van der Waals surface area contributed by atoms with E-state index in [0.717, 1.165) is 16.9 Å². The molecule has 1 aromatic rings. The highest BCUT2D eigenvalue weighted by molar-refractivity contribution is 14.0. The average Bonchev–Trinajstić information content (AvgIpc) is 2.59. The number of hydrogen-bond donors (Lipinski definition) is 1. The monoisotopic (exact) mass is 490 g/mol. The van der Waals surface area contributed by atoms with Crippen LogP contribution in [0.1, 0.15) is 31.9 Å². The number of nitrogens with two attached hydrogens (primary N) is 1. The van der Waals surface area contributed by atoms with E-state index < -0.39 is 5.60 Å². The fraction of sp³-hybridized carbons (Fsp3) is 0.579. The van der Waals surface area contributed by atoms with Crippen molar-refractivity contribution in [1.29, 1.82) is 0 Å². The first-order chi connectivity index (χ1) is 12.2. The van der Waals surface area contributed by atoms with Crippen LogP contribution in [0.25, 0.3) is 0 Å². The molecule has 0 saturated carbocycles. The van der Waals surface area contributed by atoms with Crippen molar-refractivity contribution in [3.05, 3.63) is 29.3 Å². The molecule has 0 aromatic heterocycles. The SMILES string of the molecule is COc1cc(C)ccc1CN=C(N)N1CCN(C(=O)OC(C)(C)C)CC1.I. The smallest absolute Gasteiger partial charge is 0.410 e. The summed E-state index contributed by atoms with van der Waals surface area (Å²) in [4.78, 5) is 20.3. The van der Waals surface area contributed by atoms with Crippen molar-refractivity contribution >= 4 is 36.0 Å². The van der Waals surface area contributed by atoms with Gasteiger partial charge in [-0.25, -0.2) is 9.79 Å². The molecule has 0 spiro atoms. The van der Waals surface area contributed by atoms with Crippen LogP contribution in [-0.4, -0.2) is 60.7 Å². The number of halogens is 1. The Hall–Kier alpha value is -1.71. The number of aryl methyl sites for hydroxylation is 1. The molecule has 1 saturated heterocycles. The molecule has 27 heavy (non-hydrogen) atoms. The molecule has 0 radical (unpaired) electrons. The number of nitrogens with zero attached hydrogens (tertiary/aromatic N) is 3. The van der Waals surface area contributed by atoms with Crippen molar-refractivity contribution < 1.29 is 14.3 Å². The molecule has 0 atom stereocenters. The number of benzene rings is 1. The highest BCUT2D eigenvalue weighted by Gasteiger charge is 2.26. The van der Waals surface area contributed by atoms with Gasteiger partial charge in [0.15, 0.2) is 5.96 Å².